The van der Waals surface area contributed by atoms with Gasteiger partial charge in [0.2, 0.25) is 0 Å². The zero-order valence-electron chi connectivity index (χ0n) is 16.5. The summed E-state index contributed by atoms with van der Waals surface area (Å²) in [4.78, 5) is 27.5. The molecule has 0 unspecified atom stereocenters. The van der Waals surface area contributed by atoms with Gasteiger partial charge >= 0.3 is 0 Å². The largest absolute Gasteiger partial charge is 0.336 e. The summed E-state index contributed by atoms with van der Waals surface area (Å²) < 4.78 is 0. The molecule has 1 aromatic carbocycles. The van der Waals surface area contributed by atoms with Crippen molar-refractivity contribution in [2.75, 3.05) is 26.2 Å². The van der Waals surface area contributed by atoms with Crippen molar-refractivity contribution in [3.63, 3.8) is 0 Å². The van der Waals surface area contributed by atoms with E-state index in [0.717, 1.165) is 65.3 Å². The van der Waals surface area contributed by atoms with Gasteiger partial charge in [0.1, 0.15) is 0 Å². The Hall–Kier alpha value is -2.22. The summed E-state index contributed by atoms with van der Waals surface area (Å²) >= 11 is 3.35. The molecular weight excluding hydrogens is 400 g/mol. The average molecular weight is 425 g/mol. The van der Waals surface area contributed by atoms with Crippen LogP contribution in [0.25, 0.3) is 0 Å². The van der Waals surface area contributed by atoms with E-state index < -0.39 is 0 Å². The molecule has 150 valence electrons. The van der Waals surface area contributed by atoms with E-state index in [-0.39, 0.29) is 5.91 Å². The molecule has 7 heteroatoms. The Labute approximate surface area is 179 Å². The summed E-state index contributed by atoms with van der Waals surface area (Å²) in [6, 6.07) is 13.9. The lowest BCUT2D eigenvalue weighted by molar-refractivity contribution is 0.0623. The summed E-state index contributed by atoms with van der Waals surface area (Å²) in [5, 5.41) is 3.17. The van der Waals surface area contributed by atoms with Crippen molar-refractivity contribution in [2.24, 2.45) is 0 Å². The van der Waals surface area contributed by atoms with Crippen LogP contribution in [-0.2, 0) is 12.3 Å². The number of thiazole rings is 1. The summed E-state index contributed by atoms with van der Waals surface area (Å²) in [6.07, 6.45) is 1.83. The molecule has 0 radical (unpaired) electrons. The SMILES string of the molecule is Cc1nc(CSc2ccccc2C(=O)N2CCN(Cc3ccccn3)CC2)cs1. The topological polar surface area (TPSA) is 49.3 Å². The van der Waals surface area contributed by atoms with Crippen LogP contribution in [0.15, 0.2) is 58.9 Å². The first kappa shape index (κ1) is 20.1. The van der Waals surface area contributed by atoms with Crippen molar-refractivity contribution in [3.05, 3.63) is 76.0 Å². The summed E-state index contributed by atoms with van der Waals surface area (Å²) in [6.45, 7) is 6.09. The van der Waals surface area contributed by atoms with Crippen LogP contribution < -0.4 is 0 Å². The van der Waals surface area contributed by atoms with Gasteiger partial charge in [0, 0.05) is 54.9 Å². The van der Waals surface area contributed by atoms with Gasteiger partial charge in [0.05, 0.1) is 22.0 Å². The third-order valence-electron chi connectivity index (χ3n) is 4.93. The maximum absolute atomic E-state index is 13.2. The van der Waals surface area contributed by atoms with Crippen LogP contribution in [0.4, 0.5) is 0 Å². The fourth-order valence-electron chi connectivity index (χ4n) is 3.40. The smallest absolute Gasteiger partial charge is 0.255 e. The normalized spacial score (nSPS) is 14.9. The fourth-order valence-corrected chi connectivity index (χ4v) is 5.05. The first-order valence-electron chi connectivity index (χ1n) is 9.73. The van der Waals surface area contributed by atoms with E-state index in [4.69, 9.17) is 0 Å². The lowest BCUT2D eigenvalue weighted by atomic mass is 10.1. The van der Waals surface area contributed by atoms with E-state index >= 15 is 0 Å². The highest BCUT2D eigenvalue weighted by molar-refractivity contribution is 7.98. The first-order valence-corrected chi connectivity index (χ1v) is 11.6. The maximum Gasteiger partial charge on any atom is 0.255 e. The van der Waals surface area contributed by atoms with Gasteiger partial charge in [0.15, 0.2) is 0 Å². The number of rotatable bonds is 6. The van der Waals surface area contributed by atoms with Crippen LogP contribution in [0.2, 0.25) is 0 Å². The predicted molar refractivity (Wildman–Crippen MR) is 118 cm³/mol. The van der Waals surface area contributed by atoms with Crippen LogP contribution in [0.5, 0.6) is 0 Å². The van der Waals surface area contributed by atoms with Gasteiger partial charge in [-0.3, -0.25) is 14.7 Å². The van der Waals surface area contributed by atoms with E-state index in [1.54, 1.807) is 23.1 Å². The second kappa shape index (κ2) is 9.52. The molecule has 0 aliphatic carbocycles. The molecule has 0 atom stereocenters. The molecule has 0 bridgehead atoms. The van der Waals surface area contributed by atoms with E-state index in [1.807, 2.05) is 54.4 Å². The van der Waals surface area contributed by atoms with Crippen molar-refractivity contribution in [1.82, 2.24) is 19.8 Å². The van der Waals surface area contributed by atoms with E-state index in [1.165, 1.54) is 0 Å². The second-order valence-corrected chi connectivity index (χ2v) is 9.11. The minimum Gasteiger partial charge on any atom is -0.336 e. The number of benzene rings is 1. The Bertz CT molecular complexity index is 952. The Balaban J connectivity index is 1.36. The van der Waals surface area contributed by atoms with Crippen molar-refractivity contribution >= 4 is 29.0 Å². The Morgan fingerprint density at radius 2 is 1.86 bits per heavy atom. The standard InChI is InChI=1S/C22H24N4OS2/c1-17-24-19(15-28-17)16-29-21-8-3-2-7-20(21)22(27)26-12-10-25(11-13-26)14-18-6-4-5-9-23-18/h2-9,15H,10-14,16H2,1H3. The van der Waals surface area contributed by atoms with Gasteiger partial charge < -0.3 is 4.90 Å². The lowest BCUT2D eigenvalue weighted by Crippen LogP contribution is -2.48. The number of piperazine rings is 1. The molecule has 3 aromatic rings. The predicted octanol–water partition coefficient (Wildman–Crippen LogP) is 4.10. The van der Waals surface area contributed by atoms with E-state index in [2.05, 4.69) is 26.3 Å². The summed E-state index contributed by atoms with van der Waals surface area (Å²) in [7, 11) is 0. The van der Waals surface area contributed by atoms with Crippen molar-refractivity contribution in [1.29, 1.82) is 0 Å². The van der Waals surface area contributed by atoms with Crippen molar-refractivity contribution in [2.45, 2.75) is 24.1 Å². The molecule has 29 heavy (non-hydrogen) atoms. The molecule has 1 fully saturated rings. The molecule has 1 amide bonds. The van der Waals surface area contributed by atoms with Gasteiger partial charge in [-0.15, -0.1) is 23.1 Å². The number of aryl methyl sites for hydroxylation is 1. The number of nitrogens with zero attached hydrogens (tertiary/aromatic N) is 4. The van der Waals surface area contributed by atoms with E-state index in [0.29, 0.717) is 0 Å². The molecule has 1 aliphatic heterocycles. The molecule has 0 N–H and O–H groups in total. The quantitative estimate of drug-likeness (QED) is 0.558. The number of carbonyl (C=O) groups is 1. The number of carbonyl (C=O) groups excluding carboxylic acids is 1. The average Bonchev–Trinajstić information content (AvgIpc) is 3.18. The Morgan fingerprint density at radius 3 is 2.59 bits per heavy atom. The van der Waals surface area contributed by atoms with Gasteiger partial charge in [0.25, 0.3) is 5.91 Å². The van der Waals surface area contributed by atoms with Crippen molar-refractivity contribution < 1.29 is 4.79 Å². The Kier molecular flexibility index (Phi) is 6.59. The van der Waals surface area contributed by atoms with Gasteiger partial charge in [-0.05, 0) is 31.2 Å². The molecule has 0 saturated carbocycles. The van der Waals surface area contributed by atoms with Crippen LogP contribution in [0.3, 0.4) is 0 Å². The third-order valence-corrected chi connectivity index (χ3v) is 6.86. The molecule has 0 spiro atoms. The van der Waals surface area contributed by atoms with Crippen LogP contribution in [0.1, 0.15) is 26.8 Å². The minimum absolute atomic E-state index is 0.125. The highest BCUT2D eigenvalue weighted by Crippen LogP contribution is 2.28. The fraction of sp³-hybridized carbons (Fsp3) is 0.318. The Morgan fingerprint density at radius 1 is 1.07 bits per heavy atom. The van der Waals surface area contributed by atoms with Crippen LogP contribution in [-0.4, -0.2) is 51.9 Å². The summed E-state index contributed by atoms with van der Waals surface area (Å²) in [5.74, 6) is 0.909. The molecule has 1 aliphatic rings. The van der Waals surface area contributed by atoms with Gasteiger partial charge in [-0.2, -0.15) is 0 Å². The molecule has 2 aromatic heterocycles. The summed E-state index contributed by atoms with van der Waals surface area (Å²) in [5.41, 5.74) is 2.94. The molecule has 3 heterocycles. The number of hydrogen-bond donors (Lipinski definition) is 0. The number of amides is 1. The number of hydrogen-bond acceptors (Lipinski definition) is 6. The molecule has 5 nitrogen and oxygen atoms in total. The van der Waals surface area contributed by atoms with Crippen LogP contribution in [0, 0.1) is 6.92 Å². The first-order chi connectivity index (χ1) is 14.2. The minimum atomic E-state index is 0.125. The zero-order valence-corrected chi connectivity index (χ0v) is 18.1. The maximum atomic E-state index is 13.2. The number of aromatic nitrogens is 2. The monoisotopic (exact) mass is 424 g/mol. The van der Waals surface area contributed by atoms with Crippen LogP contribution >= 0.6 is 23.1 Å². The number of thioether (sulfide) groups is 1. The van der Waals surface area contributed by atoms with Gasteiger partial charge in [-0.1, -0.05) is 18.2 Å². The van der Waals surface area contributed by atoms with Crippen molar-refractivity contribution in [3.8, 4) is 0 Å². The van der Waals surface area contributed by atoms with E-state index in [9.17, 15) is 4.79 Å². The molecule has 4 rings (SSSR count). The zero-order chi connectivity index (χ0) is 20.1. The second-order valence-electron chi connectivity index (χ2n) is 7.03. The third kappa shape index (κ3) is 5.23. The highest BCUT2D eigenvalue weighted by Gasteiger charge is 2.24. The molecule has 1 saturated heterocycles. The molecular formula is C22H24N4OS2. The van der Waals surface area contributed by atoms with Gasteiger partial charge in [-0.25, -0.2) is 4.98 Å². The highest BCUT2D eigenvalue weighted by atomic mass is 32.2. The lowest BCUT2D eigenvalue weighted by Gasteiger charge is -2.34. The number of pyridine rings is 1.